The second kappa shape index (κ2) is 7.80. The highest BCUT2D eigenvalue weighted by atomic mass is 79.9. The molecule has 1 aliphatic rings. The number of aliphatic hydroxyl groups is 1. The van der Waals surface area contributed by atoms with Gasteiger partial charge in [-0.3, -0.25) is 14.5 Å². The van der Waals surface area contributed by atoms with Crippen molar-refractivity contribution >= 4 is 39.1 Å². The highest BCUT2D eigenvalue weighted by molar-refractivity contribution is 9.10. The first-order valence-corrected chi connectivity index (χ1v) is 10.1. The van der Waals surface area contributed by atoms with Crippen molar-refractivity contribution in [3.63, 3.8) is 0 Å². The Kier molecular flexibility index (Phi) is 5.18. The molecule has 1 atom stereocenters. The molecule has 0 aliphatic carbocycles. The highest BCUT2D eigenvalue weighted by Gasteiger charge is 2.47. The van der Waals surface area contributed by atoms with E-state index in [1.165, 1.54) is 17.0 Å². The number of nitrogens with zero attached hydrogens (tertiary/aromatic N) is 1. The second-order valence-electron chi connectivity index (χ2n) is 7.06. The number of para-hydroxylation sites is 1. The molecule has 0 radical (unpaired) electrons. The molecule has 0 bridgehead atoms. The number of anilines is 1. The van der Waals surface area contributed by atoms with Crippen molar-refractivity contribution in [1.82, 2.24) is 0 Å². The van der Waals surface area contributed by atoms with Crippen LogP contribution in [0.5, 0.6) is 5.75 Å². The zero-order chi connectivity index (χ0) is 21.4. The number of carbonyl (C=O) groups excluding carboxylic acids is 2. The first-order valence-electron chi connectivity index (χ1n) is 9.30. The maximum absolute atomic E-state index is 13.1. The summed E-state index contributed by atoms with van der Waals surface area (Å²) in [6, 6.07) is 19.6. The van der Waals surface area contributed by atoms with Crippen LogP contribution >= 0.6 is 15.9 Å². The number of ketones is 1. The minimum absolute atomic E-state index is 0.00603. The summed E-state index contributed by atoms with van der Waals surface area (Å²) < 4.78 is 0.823. The summed E-state index contributed by atoms with van der Waals surface area (Å²) in [5, 5.41) is 21.1. The average Bonchev–Trinajstić information content (AvgIpc) is 2.99. The molecule has 1 amide bonds. The van der Waals surface area contributed by atoms with Crippen molar-refractivity contribution in [3.05, 3.63) is 99.5 Å². The van der Waals surface area contributed by atoms with Gasteiger partial charge in [-0.05, 0) is 48.4 Å². The standard InChI is InChI=1S/C24H18BrNO4/c1-14-5-2-3-8-19(14)26-21(16-6-4-7-18(27)13-16)20(23(29)24(26)30)22(28)15-9-11-17(25)12-10-15/h2-13,21,27-28H,1H3/b22-20-. The van der Waals surface area contributed by atoms with Crippen molar-refractivity contribution in [2.24, 2.45) is 0 Å². The number of hydrogen-bond acceptors (Lipinski definition) is 4. The van der Waals surface area contributed by atoms with E-state index in [0.29, 0.717) is 16.8 Å². The van der Waals surface area contributed by atoms with E-state index in [1.54, 1.807) is 48.5 Å². The van der Waals surface area contributed by atoms with Gasteiger partial charge in [0.1, 0.15) is 11.5 Å². The number of aryl methyl sites for hydroxylation is 1. The van der Waals surface area contributed by atoms with Crippen LogP contribution in [-0.2, 0) is 9.59 Å². The number of phenolic OH excluding ortho intramolecular Hbond substituents is 1. The van der Waals surface area contributed by atoms with Gasteiger partial charge in [-0.1, -0.05) is 58.4 Å². The predicted molar refractivity (Wildman–Crippen MR) is 118 cm³/mol. The van der Waals surface area contributed by atoms with Crippen LogP contribution in [0.25, 0.3) is 5.76 Å². The normalized spacial score (nSPS) is 18.1. The van der Waals surface area contributed by atoms with Crippen LogP contribution in [0.1, 0.15) is 22.7 Å². The molecule has 0 saturated carbocycles. The molecule has 0 aromatic heterocycles. The van der Waals surface area contributed by atoms with Gasteiger partial charge in [0.2, 0.25) is 0 Å². The summed E-state index contributed by atoms with van der Waals surface area (Å²) in [5.41, 5.74) is 2.31. The van der Waals surface area contributed by atoms with Gasteiger partial charge in [0, 0.05) is 15.7 Å². The number of aromatic hydroxyl groups is 1. The Morgan fingerprint density at radius 2 is 1.67 bits per heavy atom. The maximum Gasteiger partial charge on any atom is 0.300 e. The lowest BCUT2D eigenvalue weighted by molar-refractivity contribution is -0.132. The molecule has 6 heteroatoms. The Balaban J connectivity index is 1.98. The summed E-state index contributed by atoms with van der Waals surface area (Å²) in [6.07, 6.45) is 0. The fourth-order valence-corrected chi connectivity index (χ4v) is 3.95. The number of Topliss-reactive ketones (excluding diaryl/α,β-unsaturated/α-hetero) is 1. The van der Waals surface area contributed by atoms with E-state index in [0.717, 1.165) is 10.0 Å². The van der Waals surface area contributed by atoms with Crippen molar-refractivity contribution in [2.75, 3.05) is 4.90 Å². The van der Waals surface area contributed by atoms with E-state index < -0.39 is 17.7 Å². The summed E-state index contributed by atoms with van der Waals surface area (Å²) in [7, 11) is 0. The molecule has 3 aromatic carbocycles. The van der Waals surface area contributed by atoms with Gasteiger partial charge in [0.05, 0.1) is 11.6 Å². The number of halogens is 1. The van der Waals surface area contributed by atoms with E-state index in [-0.39, 0.29) is 17.1 Å². The molecule has 2 N–H and O–H groups in total. The molecule has 1 unspecified atom stereocenters. The van der Waals surface area contributed by atoms with E-state index in [1.807, 2.05) is 19.1 Å². The Bertz CT molecular complexity index is 1180. The first-order chi connectivity index (χ1) is 14.4. The Morgan fingerprint density at radius 3 is 2.33 bits per heavy atom. The SMILES string of the molecule is Cc1ccccc1N1C(=O)C(=O)/C(=C(\O)c2ccc(Br)cc2)C1c1cccc(O)c1. The number of benzene rings is 3. The Labute approximate surface area is 182 Å². The van der Waals surface area contributed by atoms with Crippen molar-refractivity contribution in [3.8, 4) is 5.75 Å². The van der Waals surface area contributed by atoms with Crippen LogP contribution in [-0.4, -0.2) is 21.9 Å². The lowest BCUT2D eigenvalue weighted by Crippen LogP contribution is -2.30. The van der Waals surface area contributed by atoms with Crippen LogP contribution in [0.2, 0.25) is 0 Å². The summed E-state index contributed by atoms with van der Waals surface area (Å²) >= 11 is 3.35. The fraction of sp³-hybridized carbons (Fsp3) is 0.0833. The molecule has 1 saturated heterocycles. The molecule has 5 nitrogen and oxygen atoms in total. The third-order valence-corrected chi connectivity index (χ3v) is 5.65. The summed E-state index contributed by atoms with van der Waals surface area (Å²) in [6.45, 7) is 1.85. The Morgan fingerprint density at radius 1 is 0.967 bits per heavy atom. The van der Waals surface area contributed by atoms with Gasteiger partial charge in [0.15, 0.2) is 0 Å². The average molecular weight is 464 g/mol. The molecule has 3 aromatic rings. The number of amides is 1. The van der Waals surface area contributed by atoms with Crippen molar-refractivity contribution < 1.29 is 19.8 Å². The molecule has 1 heterocycles. The molecule has 1 aliphatic heterocycles. The molecule has 0 spiro atoms. The van der Waals surface area contributed by atoms with Gasteiger partial charge in [0.25, 0.3) is 11.7 Å². The fourth-order valence-electron chi connectivity index (χ4n) is 3.69. The van der Waals surface area contributed by atoms with E-state index >= 15 is 0 Å². The molecular formula is C24H18BrNO4. The number of carbonyl (C=O) groups is 2. The number of aliphatic hydroxyl groups excluding tert-OH is 1. The maximum atomic E-state index is 13.1. The van der Waals surface area contributed by atoms with Gasteiger partial charge in [-0.15, -0.1) is 0 Å². The monoisotopic (exact) mass is 463 g/mol. The van der Waals surface area contributed by atoms with Crippen LogP contribution < -0.4 is 4.90 Å². The molecular weight excluding hydrogens is 446 g/mol. The largest absolute Gasteiger partial charge is 0.508 e. The van der Waals surface area contributed by atoms with E-state index in [2.05, 4.69) is 15.9 Å². The second-order valence-corrected chi connectivity index (χ2v) is 7.97. The Hall–Kier alpha value is -3.38. The van der Waals surface area contributed by atoms with E-state index in [4.69, 9.17) is 0 Å². The molecule has 1 fully saturated rings. The first kappa shape index (κ1) is 19.9. The molecule has 150 valence electrons. The van der Waals surface area contributed by atoms with Gasteiger partial charge < -0.3 is 10.2 Å². The van der Waals surface area contributed by atoms with Gasteiger partial charge in [-0.2, -0.15) is 0 Å². The quantitative estimate of drug-likeness (QED) is 0.322. The highest BCUT2D eigenvalue weighted by Crippen LogP contribution is 2.43. The van der Waals surface area contributed by atoms with Crippen LogP contribution in [0.3, 0.4) is 0 Å². The van der Waals surface area contributed by atoms with Crippen LogP contribution in [0.4, 0.5) is 5.69 Å². The number of rotatable bonds is 3. The molecule has 30 heavy (non-hydrogen) atoms. The van der Waals surface area contributed by atoms with Crippen LogP contribution in [0.15, 0.2) is 82.8 Å². The number of hydrogen-bond donors (Lipinski definition) is 2. The minimum Gasteiger partial charge on any atom is -0.508 e. The summed E-state index contributed by atoms with van der Waals surface area (Å²) in [5.74, 6) is -1.75. The zero-order valence-electron chi connectivity index (χ0n) is 16.0. The smallest absolute Gasteiger partial charge is 0.300 e. The van der Waals surface area contributed by atoms with Gasteiger partial charge >= 0.3 is 0 Å². The minimum atomic E-state index is -0.873. The lowest BCUT2D eigenvalue weighted by atomic mass is 9.95. The van der Waals surface area contributed by atoms with Crippen LogP contribution in [0, 0.1) is 6.92 Å². The van der Waals surface area contributed by atoms with Crippen molar-refractivity contribution in [1.29, 1.82) is 0 Å². The number of phenols is 1. The predicted octanol–water partition coefficient (Wildman–Crippen LogP) is 5.09. The third-order valence-electron chi connectivity index (χ3n) is 5.12. The summed E-state index contributed by atoms with van der Waals surface area (Å²) in [4.78, 5) is 27.5. The zero-order valence-corrected chi connectivity index (χ0v) is 17.6. The third kappa shape index (κ3) is 3.39. The lowest BCUT2D eigenvalue weighted by Gasteiger charge is -2.26. The van der Waals surface area contributed by atoms with E-state index in [9.17, 15) is 19.8 Å². The van der Waals surface area contributed by atoms with Crippen molar-refractivity contribution in [2.45, 2.75) is 13.0 Å². The topological polar surface area (TPSA) is 77.8 Å². The van der Waals surface area contributed by atoms with Gasteiger partial charge in [-0.25, -0.2) is 0 Å². The molecule has 4 rings (SSSR count).